The average molecular weight is 632 g/mol. The molecule has 49 heavy (non-hydrogen) atoms. The summed E-state index contributed by atoms with van der Waals surface area (Å²) >= 11 is 0. The van der Waals surface area contributed by atoms with Crippen LogP contribution in [0.5, 0.6) is 11.5 Å². The molecule has 6 nitrogen and oxygen atoms in total. The molecule has 0 amide bonds. The largest absolute Gasteiger partial charge is 0.457 e. The van der Waals surface area contributed by atoms with Gasteiger partial charge in [-0.05, 0) is 42.5 Å². The van der Waals surface area contributed by atoms with Gasteiger partial charge in [-0.3, -0.25) is 0 Å². The van der Waals surface area contributed by atoms with Gasteiger partial charge in [0.2, 0.25) is 0 Å². The maximum atomic E-state index is 6.49. The highest BCUT2D eigenvalue weighted by Crippen LogP contribution is 2.35. The number of aromatic nitrogens is 5. The standard InChI is InChI=1S/C43H29N5O/c1-5-15-30(16-6-1)37-29-38(31-17-7-2-8-18-31)45-40(44-37)34-25-27-35(28-26-34)49-39-24-14-13-23-36(39)43-47-41(32-19-9-3-10-20-32)46-42(48-43)33-21-11-4-12-22-33/h1-29H. The summed E-state index contributed by atoms with van der Waals surface area (Å²) in [5, 5.41) is 0. The molecular formula is C43H29N5O. The Kier molecular flexibility index (Phi) is 8.17. The van der Waals surface area contributed by atoms with E-state index < -0.39 is 0 Å². The summed E-state index contributed by atoms with van der Waals surface area (Å²) in [4.78, 5) is 24.6. The van der Waals surface area contributed by atoms with Crippen LogP contribution in [0.3, 0.4) is 0 Å². The second kappa shape index (κ2) is 13.5. The quantitative estimate of drug-likeness (QED) is 0.166. The van der Waals surface area contributed by atoms with Crippen molar-refractivity contribution in [2.24, 2.45) is 0 Å². The van der Waals surface area contributed by atoms with Crippen molar-refractivity contribution < 1.29 is 4.74 Å². The summed E-state index contributed by atoms with van der Waals surface area (Å²) in [6, 6.07) is 57.9. The normalized spacial score (nSPS) is 10.9. The lowest BCUT2D eigenvalue weighted by molar-refractivity contribution is 0.484. The van der Waals surface area contributed by atoms with Crippen molar-refractivity contribution in [1.29, 1.82) is 0 Å². The van der Waals surface area contributed by atoms with Crippen LogP contribution >= 0.6 is 0 Å². The fourth-order valence-electron chi connectivity index (χ4n) is 5.56. The highest BCUT2D eigenvalue weighted by molar-refractivity contribution is 5.73. The van der Waals surface area contributed by atoms with E-state index in [9.17, 15) is 0 Å². The van der Waals surface area contributed by atoms with E-state index in [1.165, 1.54) is 0 Å². The molecule has 0 unspecified atom stereocenters. The van der Waals surface area contributed by atoms with Crippen molar-refractivity contribution in [3.8, 4) is 79.6 Å². The minimum Gasteiger partial charge on any atom is -0.457 e. The molecule has 6 heteroatoms. The van der Waals surface area contributed by atoms with Gasteiger partial charge in [-0.15, -0.1) is 0 Å². The Morgan fingerprint density at radius 1 is 0.306 bits per heavy atom. The van der Waals surface area contributed by atoms with Gasteiger partial charge in [0.25, 0.3) is 0 Å². The van der Waals surface area contributed by atoms with Crippen LogP contribution in [0.2, 0.25) is 0 Å². The van der Waals surface area contributed by atoms with E-state index in [-0.39, 0.29) is 0 Å². The zero-order chi connectivity index (χ0) is 32.8. The second-order valence-electron chi connectivity index (χ2n) is 11.4. The van der Waals surface area contributed by atoms with Crippen LogP contribution in [0.15, 0.2) is 176 Å². The van der Waals surface area contributed by atoms with Crippen LogP contribution < -0.4 is 4.74 Å². The fourth-order valence-corrected chi connectivity index (χ4v) is 5.56. The van der Waals surface area contributed by atoms with Crippen molar-refractivity contribution in [3.63, 3.8) is 0 Å². The van der Waals surface area contributed by atoms with E-state index in [4.69, 9.17) is 29.7 Å². The maximum Gasteiger partial charge on any atom is 0.167 e. The summed E-state index contributed by atoms with van der Waals surface area (Å²) in [7, 11) is 0. The molecule has 0 radical (unpaired) electrons. The number of benzene rings is 6. The first-order valence-corrected chi connectivity index (χ1v) is 16.0. The Morgan fingerprint density at radius 3 is 1.20 bits per heavy atom. The molecule has 0 bridgehead atoms. The first kappa shape index (κ1) is 29.6. The predicted octanol–water partition coefficient (Wildman–Crippen LogP) is 10.5. The summed E-state index contributed by atoms with van der Waals surface area (Å²) in [5.74, 6) is 3.65. The molecule has 0 N–H and O–H groups in total. The number of hydrogen-bond acceptors (Lipinski definition) is 6. The smallest absolute Gasteiger partial charge is 0.167 e. The Morgan fingerprint density at radius 2 is 0.694 bits per heavy atom. The summed E-state index contributed by atoms with van der Waals surface area (Å²) < 4.78 is 6.49. The molecule has 0 aliphatic carbocycles. The third kappa shape index (κ3) is 6.57. The van der Waals surface area contributed by atoms with E-state index in [2.05, 4.69) is 24.3 Å². The molecule has 8 rings (SSSR count). The molecule has 8 aromatic rings. The number of hydrogen-bond donors (Lipinski definition) is 0. The average Bonchev–Trinajstić information content (AvgIpc) is 3.19. The molecule has 6 aromatic carbocycles. The van der Waals surface area contributed by atoms with Crippen LogP contribution in [0.4, 0.5) is 0 Å². The van der Waals surface area contributed by atoms with Crippen LogP contribution in [0.25, 0.3) is 68.1 Å². The Labute approximate surface area is 284 Å². The molecular weight excluding hydrogens is 603 g/mol. The predicted molar refractivity (Wildman–Crippen MR) is 195 cm³/mol. The van der Waals surface area contributed by atoms with Gasteiger partial charge >= 0.3 is 0 Å². The van der Waals surface area contributed by atoms with E-state index in [0.29, 0.717) is 34.8 Å². The van der Waals surface area contributed by atoms with Crippen molar-refractivity contribution in [2.45, 2.75) is 0 Å². The van der Waals surface area contributed by atoms with E-state index in [1.54, 1.807) is 0 Å². The van der Waals surface area contributed by atoms with E-state index in [1.807, 2.05) is 152 Å². The van der Waals surface area contributed by atoms with E-state index >= 15 is 0 Å². The van der Waals surface area contributed by atoms with Gasteiger partial charge in [0.1, 0.15) is 11.5 Å². The lowest BCUT2D eigenvalue weighted by Crippen LogP contribution is -2.01. The van der Waals surface area contributed by atoms with Gasteiger partial charge < -0.3 is 4.74 Å². The number of nitrogens with zero attached hydrogens (tertiary/aromatic N) is 5. The zero-order valence-electron chi connectivity index (χ0n) is 26.4. The summed E-state index contributed by atoms with van der Waals surface area (Å²) in [6.45, 7) is 0. The molecule has 232 valence electrons. The SMILES string of the molecule is c1ccc(-c2cc(-c3ccccc3)nc(-c3ccc(Oc4ccccc4-c4nc(-c5ccccc5)nc(-c5ccccc5)n4)cc3)n2)cc1. The molecule has 0 aliphatic heterocycles. The third-order valence-electron chi connectivity index (χ3n) is 8.03. The van der Waals surface area contributed by atoms with Gasteiger partial charge in [0, 0.05) is 27.8 Å². The first-order valence-electron chi connectivity index (χ1n) is 16.0. The summed E-state index contributed by atoms with van der Waals surface area (Å²) in [5.41, 5.74) is 7.25. The lowest BCUT2D eigenvalue weighted by atomic mass is 10.1. The molecule has 0 saturated heterocycles. The van der Waals surface area contributed by atoms with Gasteiger partial charge in [-0.25, -0.2) is 24.9 Å². The van der Waals surface area contributed by atoms with Crippen LogP contribution in [0.1, 0.15) is 0 Å². The fraction of sp³-hybridized carbons (Fsp3) is 0. The van der Waals surface area contributed by atoms with Crippen molar-refractivity contribution in [2.75, 3.05) is 0 Å². The van der Waals surface area contributed by atoms with Crippen LogP contribution in [0, 0.1) is 0 Å². The Bertz CT molecular complexity index is 2220. The first-order chi connectivity index (χ1) is 24.3. The molecule has 0 spiro atoms. The molecule has 0 aliphatic rings. The third-order valence-corrected chi connectivity index (χ3v) is 8.03. The number of rotatable bonds is 8. The minimum atomic E-state index is 0.527. The molecule has 0 saturated carbocycles. The topological polar surface area (TPSA) is 73.7 Å². The summed E-state index contributed by atoms with van der Waals surface area (Å²) in [6.07, 6.45) is 0. The van der Waals surface area contributed by atoms with Crippen LogP contribution in [-0.2, 0) is 0 Å². The minimum absolute atomic E-state index is 0.527. The van der Waals surface area contributed by atoms with Gasteiger partial charge in [-0.1, -0.05) is 133 Å². The van der Waals surface area contributed by atoms with Crippen molar-refractivity contribution in [3.05, 3.63) is 176 Å². The van der Waals surface area contributed by atoms with Crippen molar-refractivity contribution in [1.82, 2.24) is 24.9 Å². The second-order valence-corrected chi connectivity index (χ2v) is 11.4. The molecule has 2 heterocycles. The molecule has 0 fully saturated rings. The highest BCUT2D eigenvalue weighted by atomic mass is 16.5. The lowest BCUT2D eigenvalue weighted by Gasteiger charge is -2.13. The Hall–Kier alpha value is -6.79. The van der Waals surface area contributed by atoms with Crippen molar-refractivity contribution >= 4 is 0 Å². The number of ether oxygens (including phenoxy) is 1. The van der Waals surface area contributed by atoms with Gasteiger partial charge in [0.05, 0.1) is 17.0 Å². The molecule has 0 atom stereocenters. The Balaban J connectivity index is 1.14. The van der Waals surface area contributed by atoms with Crippen LogP contribution in [-0.4, -0.2) is 24.9 Å². The van der Waals surface area contributed by atoms with Gasteiger partial charge in [0.15, 0.2) is 23.3 Å². The molecule has 2 aromatic heterocycles. The monoisotopic (exact) mass is 631 g/mol. The zero-order valence-corrected chi connectivity index (χ0v) is 26.4. The van der Waals surface area contributed by atoms with Gasteiger partial charge in [-0.2, -0.15) is 0 Å². The van der Waals surface area contributed by atoms with E-state index in [0.717, 1.165) is 44.8 Å². The highest BCUT2D eigenvalue weighted by Gasteiger charge is 2.16. The number of para-hydroxylation sites is 1. The maximum absolute atomic E-state index is 6.49.